The number of hydrogen-bond donors (Lipinski definition) is 1. The van der Waals surface area contributed by atoms with Crippen molar-refractivity contribution in [2.45, 2.75) is 49.8 Å². The van der Waals surface area contributed by atoms with Crippen LogP contribution in [-0.4, -0.2) is 36.8 Å². The van der Waals surface area contributed by atoms with Crippen molar-refractivity contribution >= 4 is 5.90 Å². The van der Waals surface area contributed by atoms with Gasteiger partial charge in [-0.2, -0.15) is 15.8 Å². The van der Waals surface area contributed by atoms with Gasteiger partial charge in [-0.3, -0.25) is 5.41 Å². The van der Waals surface area contributed by atoms with Crippen molar-refractivity contribution in [1.29, 1.82) is 21.2 Å². The van der Waals surface area contributed by atoms with E-state index in [0.29, 0.717) is 38.9 Å². The molecule has 8 heteroatoms. The molecule has 8 nitrogen and oxygen atoms in total. The molecule has 0 radical (unpaired) electrons. The van der Waals surface area contributed by atoms with E-state index in [-0.39, 0.29) is 12.3 Å². The maximum Gasteiger partial charge on any atom is 0.217 e. The Hall–Kier alpha value is -2.96. The fourth-order valence-electron chi connectivity index (χ4n) is 5.87. The molecular formula is C23H22N4O4. The molecule has 1 spiro atoms. The van der Waals surface area contributed by atoms with Crippen molar-refractivity contribution in [2.24, 2.45) is 16.7 Å². The number of nitrogens with zero attached hydrogens (tertiary/aromatic N) is 3. The van der Waals surface area contributed by atoms with E-state index in [9.17, 15) is 15.8 Å². The van der Waals surface area contributed by atoms with Crippen LogP contribution >= 0.6 is 0 Å². The molecule has 3 heterocycles. The Labute approximate surface area is 180 Å². The molecular weight excluding hydrogens is 396 g/mol. The number of aryl methyl sites for hydroxylation is 1. The van der Waals surface area contributed by atoms with E-state index in [4.69, 9.17) is 24.4 Å². The second-order valence-electron chi connectivity index (χ2n) is 8.69. The number of nitriles is 3. The zero-order valence-electron chi connectivity index (χ0n) is 17.0. The number of nitrogens with one attached hydrogen (secondary N) is 1. The van der Waals surface area contributed by atoms with Crippen molar-refractivity contribution in [1.82, 2.24) is 0 Å². The average molecular weight is 418 g/mol. The summed E-state index contributed by atoms with van der Waals surface area (Å²) in [6.07, 6.45) is 1.15. The molecule has 2 bridgehead atoms. The lowest BCUT2D eigenvalue weighted by atomic mass is 9.51. The molecule has 5 rings (SSSR count). The number of benzene rings is 1. The predicted molar refractivity (Wildman–Crippen MR) is 105 cm³/mol. The molecule has 3 aliphatic heterocycles. The third-order valence-electron chi connectivity index (χ3n) is 7.38. The molecule has 3 saturated heterocycles. The summed E-state index contributed by atoms with van der Waals surface area (Å²) in [4.78, 5) is 0. The van der Waals surface area contributed by atoms with Crippen LogP contribution in [0, 0.1) is 56.2 Å². The van der Waals surface area contributed by atoms with Gasteiger partial charge in [-0.05, 0) is 18.4 Å². The Balaban J connectivity index is 1.58. The first-order valence-corrected chi connectivity index (χ1v) is 10.5. The smallest absolute Gasteiger partial charge is 0.217 e. The van der Waals surface area contributed by atoms with Gasteiger partial charge >= 0.3 is 0 Å². The van der Waals surface area contributed by atoms with E-state index in [1.807, 2.05) is 30.3 Å². The van der Waals surface area contributed by atoms with Gasteiger partial charge in [0.05, 0.1) is 43.4 Å². The fourth-order valence-corrected chi connectivity index (χ4v) is 5.87. The zero-order valence-corrected chi connectivity index (χ0v) is 17.0. The Kier molecular flexibility index (Phi) is 4.36. The van der Waals surface area contributed by atoms with E-state index < -0.39 is 34.4 Å². The van der Waals surface area contributed by atoms with Gasteiger partial charge < -0.3 is 18.9 Å². The van der Waals surface area contributed by atoms with E-state index in [1.54, 1.807) is 0 Å². The van der Waals surface area contributed by atoms with Gasteiger partial charge in [-0.25, -0.2) is 0 Å². The van der Waals surface area contributed by atoms with Crippen LogP contribution in [-0.2, 0) is 25.4 Å². The van der Waals surface area contributed by atoms with Crippen LogP contribution in [0.4, 0.5) is 0 Å². The Morgan fingerprint density at radius 3 is 2.35 bits per heavy atom. The summed E-state index contributed by atoms with van der Waals surface area (Å²) in [6.45, 7) is 0.888. The minimum atomic E-state index is -1.88. The third kappa shape index (κ3) is 2.46. The highest BCUT2D eigenvalue weighted by molar-refractivity contribution is 5.89. The lowest BCUT2D eigenvalue weighted by molar-refractivity contribution is -0.329. The Morgan fingerprint density at radius 2 is 1.71 bits per heavy atom. The SMILES string of the molecule is N#CC1(C#N)C(CCc2ccccc2)OC23CCC4(CC2C1(C#N)C(=N)O3)OCCO4. The largest absolute Gasteiger partial charge is 0.447 e. The zero-order chi connectivity index (χ0) is 21.7. The Bertz CT molecular complexity index is 1020. The minimum absolute atomic E-state index is 0.236. The summed E-state index contributed by atoms with van der Waals surface area (Å²) >= 11 is 0. The molecule has 4 aliphatic rings. The first-order chi connectivity index (χ1) is 15.0. The highest BCUT2D eigenvalue weighted by Gasteiger charge is 2.81. The van der Waals surface area contributed by atoms with E-state index in [2.05, 4.69) is 18.2 Å². The van der Waals surface area contributed by atoms with Gasteiger partial charge in [0, 0.05) is 19.3 Å². The van der Waals surface area contributed by atoms with E-state index in [0.717, 1.165) is 5.56 Å². The molecule has 0 amide bonds. The van der Waals surface area contributed by atoms with Crippen molar-refractivity contribution in [3.05, 3.63) is 35.9 Å². The summed E-state index contributed by atoms with van der Waals surface area (Å²) < 4.78 is 24.1. The Morgan fingerprint density at radius 1 is 1.00 bits per heavy atom. The van der Waals surface area contributed by atoms with Gasteiger partial charge in [0.15, 0.2) is 16.6 Å². The van der Waals surface area contributed by atoms with Crippen LogP contribution in [0.1, 0.15) is 31.2 Å². The number of ether oxygens (including phenoxy) is 4. The van der Waals surface area contributed by atoms with Gasteiger partial charge in [0.1, 0.15) is 0 Å². The van der Waals surface area contributed by atoms with Crippen LogP contribution < -0.4 is 0 Å². The van der Waals surface area contributed by atoms with Crippen LogP contribution in [0.2, 0.25) is 0 Å². The van der Waals surface area contributed by atoms with Crippen LogP contribution in [0.5, 0.6) is 0 Å². The lowest BCUT2D eigenvalue weighted by Crippen LogP contribution is -2.65. The highest BCUT2D eigenvalue weighted by Crippen LogP contribution is 2.68. The van der Waals surface area contributed by atoms with Crippen LogP contribution in [0.3, 0.4) is 0 Å². The number of hydrogen-bond acceptors (Lipinski definition) is 8. The summed E-state index contributed by atoms with van der Waals surface area (Å²) in [6, 6.07) is 16.1. The topological polar surface area (TPSA) is 132 Å². The van der Waals surface area contributed by atoms with Crippen molar-refractivity contribution in [2.75, 3.05) is 13.2 Å². The predicted octanol–water partition coefficient (Wildman–Crippen LogP) is 2.81. The first-order valence-electron chi connectivity index (χ1n) is 10.5. The molecule has 1 aromatic rings. The monoisotopic (exact) mass is 418 g/mol. The van der Waals surface area contributed by atoms with Crippen molar-refractivity contribution < 1.29 is 18.9 Å². The average Bonchev–Trinajstić information content (AvgIpc) is 3.33. The molecule has 1 aliphatic carbocycles. The normalized spacial score (nSPS) is 36.6. The van der Waals surface area contributed by atoms with Gasteiger partial charge in [0.2, 0.25) is 11.7 Å². The summed E-state index contributed by atoms with van der Waals surface area (Å²) in [5.41, 5.74) is -2.59. The second-order valence-corrected chi connectivity index (χ2v) is 8.69. The van der Waals surface area contributed by atoms with Gasteiger partial charge in [0.25, 0.3) is 0 Å². The summed E-state index contributed by atoms with van der Waals surface area (Å²) in [7, 11) is 0. The third-order valence-corrected chi connectivity index (χ3v) is 7.38. The first kappa shape index (κ1) is 20.0. The standard InChI is InChI=1S/C23H22N4O4/c24-13-20(14-25)18(7-6-16-4-2-1-3-5-16)30-23-9-8-21(28-10-11-29-21)12-17(23)22(20,15-26)19(27)31-23/h1-5,17-18,27H,6-12H2. The molecule has 4 unspecified atom stereocenters. The second kappa shape index (κ2) is 6.77. The summed E-state index contributed by atoms with van der Waals surface area (Å²) in [5.74, 6) is -3.19. The van der Waals surface area contributed by atoms with Gasteiger partial charge in [-0.1, -0.05) is 30.3 Å². The van der Waals surface area contributed by atoms with Crippen LogP contribution in [0.15, 0.2) is 30.3 Å². The van der Waals surface area contributed by atoms with Crippen molar-refractivity contribution in [3.63, 3.8) is 0 Å². The molecule has 0 aromatic heterocycles. The molecule has 4 atom stereocenters. The molecule has 158 valence electrons. The fraction of sp³-hybridized carbons (Fsp3) is 0.565. The molecule has 1 saturated carbocycles. The molecule has 1 aromatic carbocycles. The lowest BCUT2D eigenvalue weighted by Gasteiger charge is -2.54. The minimum Gasteiger partial charge on any atom is -0.447 e. The highest BCUT2D eigenvalue weighted by atomic mass is 16.7. The maximum atomic E-state index is 10.4. The maximum absolute atomic E-state index is 10.4. The summed E-state index contributed by atoms with van der Waals surface area (Å²) in [5, 5.41) is 39.5. The van der Waals surface area contributed by atoms with Crippen molar-refractivity contribution in [3.8, 4) is 18.2 Å². The molecule has 4 fully saturated rings. The van der Waals surface area contributed by atoms with Crippen LogP contribution in [0.25, 0.3) is 0 Å². The van der Waals surface area contributed by atoms with E-state index >= 15 is 0 Å². The van der Waals surface area contributed by atoms with Gasteiger partial charge in [-0.15, -0.1) is 0 Å². The number of rotatable bonds is 3. The quantitative estimate of drug-likeness (QED) is 0.798. The molecule has 31 heavy (non-hydrogen) atoms. The molecule has 1 N–H and O–H groups in total. The van der Waals surface area contributed by atoms with E-state index in [1.165, 1.54) is 0 Å².